The summed E-state index contributed by atoms with van der Waals surface area (Å²) in [7, 11) is 0. The summed E-state index contributed by atoms with van der Waals surface area (Å²) in [5.74, 6) is -0.155. The maximum Gasteiger partial charge on any atom is 0.336 e. The van der Waals surface area contributed by atoms with Crippen LogP contribution in [0.3, 0.4) is 0 Å². The van der Waals surface area contributed by atoms with E-state index in [1.807, 2.05) is 51.1 Å². The Kier molecular flexibility index (Phi) is 5.31. The Morgan fingerprint density at radius 1 is 1.09 bits per heavy atom. The Balaban J connectivity index is 2.21. The fraction of sp³-hybridized carbons (Fsp3) is 0.158. The zero-order valence-electron chi connectivity index (χ0n) is 13.4. The summed E-state index contributed by atoms with van der Waals surface area (Å²) in [5.41, 5.74) is 2.93. The average Bonchev–Trinajstić information content (AvgIpc) is 2.47. The first-order valence-electron chi connectivity index (χ1n) is 7.26. The third-order valence-corrected chi connectivity index (χ3v) is 3.04. The summed E-state index contributed by atoms with van der Waals surface area (Å²) in [6.45, 7) is 5.44. The van der Waals surface area contributed by atoms with Gasteiger partial charge in [-0.25, -0.2) is 4.79 Å². The van der Waals surface area contributed by atoms with Gasteiger partial charge in [-0.1, -0.05) is 23.8 Å². The molecule has 0 aliphatic heterocycles. The number of nitrogens with zero attached hydrogens (tertiary/aromatic N) is 1. The number of carbonyl (C=O) groups excluding carboxylic acids is 1. The number of para-hydroxylation sites is 1. The lowest BCUT2D eigenvalue weighted by Crippen LogP contribution is -2.05. The minimum Gasteiger partial charge on any atom is -0.507 e. The van der Waals surface area contributed by atoms with Crippen molar-refractivity contribution in [3.63, 3.8) is 0 Å². The second-order valence-corrected chi connectivity index (χ2v) is 5.35. The molecule has 0 bridgehead atoms. The summed E-state index contributed by atoms with van der Waals surface area (Å²) < 4.78 is 5.14. The highest BCUT2D eigenvalue weighted by Gasteiger charge is 2.09. The number of esters is 1. The van der Waals surface area contributed by atoms with E-state index < -0.39 is 5.97 Å². The Morgan fingerprint density at radius 2 is 1.78 bits per heavy atom. The molecular formula is C19H19NO3. The average molecular weight is 309 g/mol. The van der Waals surface area contributed by atoms with Gasteiger partial charge < -0.3 is 9.84 Å². The maximum absolute atomic E-state index is 11.6. The summed E-state index contributed by atoms with van der Waals surface area (Å²) in [6, 6.07) is 14.2. The van der Waals surface area contributed by atoms with Gasteiger partial charge in [0.25, 0.3) is 0 Å². The van der Waals surface area contributed by atoms with Crippen molar-refractivity contribution < 1.29 is 14.6 Å². The van der Waals surface area contributed by atoms with E-state index in [9.17, 15) is 9.90 Å². The van der Waals surface area contributed by atoms with Gasteiger partial charge in [-0.3, -0.25) is 4.99 Å². The molecule has 0 saturated carbocycles. The lowest BCUT2D eigenvalue weighted by atomic mass is 10.1. The zero-order chi connectivity index (χ0) is 16.8. The third kappa shape index (κ3) is 4.81. The highest BCUT2D eigenvalue weighted by molar-refractivity contribution is 6.02. The topological polar surface area (TPSA) is 58.9 Å². The van der Waals surface area contributed by atoms with E-state index in [4.69, 9.17) is 4.74 Å². The second-order valence-electron chi connectivity index (χ2n) is 5.35. The molecular weight excluding hydrogens is 290 g/mol. The molecule has 0 heterocycles. The number of allylic oxidation sites excluding steroid dienone is 1. The van der Waals surface area contributed by atoms with E-state index in [0.717, 1.165) is 11.3 Å². The molecule has 2 rings (SSSR count). The maximum atomic E-state index is 11.6. The van der Waals surface area contributed by atoms with Crippen molar-refractivity contribution >= 4 is 17.4 Å². The van der Waals surface area contributed by atoms with Gasteiger partial charge in [0.15, 0.2) is 0 Å². The second kappa shape index (κ2) is 7.40. The predicted molar refractivity (Wildman–Crippen MR) is 91.5 cm³/mol. The number of aromatic hydroxyl groups is 1. The molecule has 0 aliphatic carbocycles. The molecule has 2 aromatic carbocycles. The number of benzene rings is 2. The van der Waals surface area contributed by atoms with Crippen molar-refractivity contribution in [1.82, 2.24) is 0 Å². The number of aliphatic imine (C=N–C) groups is 1. The summed E-state index contributed by atoms with van der Waals surface area (Å²) in [5, 5.41) is 10.1. The lowest BCUT2D eigenvalue weighted by molar-refractivity contribution is -0.129. The van der Waals surface area contributed by atoms with Crippen LogP contribution in [0.15, 0.2) is 65.2 Å². The molecule has 0 unspecified atom stereocenters. The number of phenols is 1. The van der Waals surface area contributed by atoms with Crippen LogP contribution in [-0.4, -0.2) is 16.8 Å². The predicted octanol–water partition coefficient (Wildman–Crippen LogP) is 4.40. The van der Waals surface area contributed by atoms with Gasteiger partial charge in [0.1, 0.15) is 11.5 Å². The van der Waals surface area contributed by atoms with Gasteiger partial charge in [0.2, 0.25) is 0 Å². The minimum atomic E-state index is -0.466. The molecule has 0 radical (unpaired) electrons. The normalized spacial score (nSPS) is 11.0. The van der Waals surface area contributed by atoms with Gasteiger partial charge in [0.05, 0.1) is 5.69 Å². The molecule has 0 saturated heterocycles. The van der Waals surface area contributed by atoms with Gasteiger partial charge in [0, 0.05) is 23.4 Å². The first-order chi connectivity index (χ1) is 11.0. The molecule has 0 fully saturated rings. The number of hydrogen-bond acceptors (Lipinski definition) is 4. The molecule has 0 aliphatic rings. The van der Waals surface area contributed by atoms with Crippen molar-refractivity contribution in [3.8, 4) is 11.5 Å². The molecule has 23 heavy (non-hydrogen) atoms. The van der Waals surface area contributed by atoms with E-state index in [1.165, 1.54) is 12.1 Å². The van der Waals surface area contributed by atoms with Gasteiger partial charge in [-0.15, -0.1) is 0 Å². The largest absolute Gasteiger partial charge is 0.507 e. The summed E-state index contributed by atoms with van der Waals surface area (Å²) in [6.07, 6.45) is 1.40. The first-order valence-corrected chi connectivity index (χ1v) is 7.26. The van der Waals surface area contributed by atoms with E-state index in [1.54, 1.807) is 12.1 Å². The molecule has 0 amide bonds. The molecule has 4 nitrogen and oxygen atoms in total. The van der Waals surface area contributed by atoms with Crippen LogP contribution in [0.2, 0.25) is 0 Å². The Bertz CT molecular complexity index is 757. The number of carbonyl (C=O) groups is 1. The molecule has 0 aromatic heterocycles. The Morgan fingerprint density at radius 3 is 2.39 bits per heavy atom. The van der Waals surface area contributed by atoms with Crippen molar-refractivity contribution in [2.45, 2.75) is 20.8 Å². The Labute approximate surface area is 135 Å². The van der Waals surface area contributed by atoms with Gasteiger partial charge >= 0.3 is 5.97 Å². The van der Waals surface area contributed by atoms with E-state index in [2.05, 4.69) is 4.99 Å². The summed E-state index contributed by atoms with van der Waals surface area (Å²) >= 11 is 0. The Hall–Kier alpha value is -2.88. The molecule has 4 heteroatoms. The van der Waals surface area contributed by atoms with Crippen molar-refractivity contribution in [2.24, 2.45) is 4.99 Å². The minimum absolute atomic E-state index is 0.0182. The van der Waals surface area contributed by atoms with E-state index >= 15 is 0 Å². The van der Waals surface area contributed by atoms with Crippen LogP contribution in [0.1, 0.15) is 26.3 Å². The van der Waals surface area contributed by atoms with Gasteiger partial charge in [-0.05, 0) is 45.0 Å². The standard InChI is InChI=1S/C19H19NO3/c1-13(2)11-19(22)23-16-9-10-17(18(21)12-16)14(3)20-15-7-5-4-6-8-15/h4-12,21H,1-3H3. The van der Waals surface area contributed by atoms with E-state index in [-0.39, 0.29) is 5.75 Å². The van der Waals surface area contributed by atoms with Crippen LogP contribution < -0.4 is 4.74 Å². The molecule has 0 spiro atoms. The van der Waals surface area contributed by atoms with Crippen LogP contribution in [0.25, 0.3) is 0 Å². The smallest absolute Gasteiger partial charge is 0.336 e. The zero-order valence-corrected chi connectivity index (χ0v) is 13.4. The SMILES string of the molecule is CC(C)=CC(=O)Oc1ccc(C(C)=Nc2ccccc2)c(O)c1. The van der Waals surface area contributed by atoms with Crippen LogP contribution in [-0.2, 0) is 4.79 Å². The summed E-state index contributed by atoms with van der Waals surface area (Å²) in [4.78, 5) is 16.0. The quantitative estimate of drug-likeness (QED) is 0.394. The molecule has 1 N–H and O–H groups in total. The number of phenolic OH excluding ortho intramolecular Hbond substituents is 1. The fourth-order valence-electron chi connectivity index (χ4n) is 2.02. The molecule has 0 atom stereocenters. The third-order valence-electron chi connectivity index (χ3n) is 3.04. The van der Waals surface area contributed by atoms with Crippen LogP contribution in [0, 0.1) is 0 Å². The van der Waals surface area contributed by atoms with Crippen molar-refractivity contribution in [1.29, 1.82) is 0 Å². The first kappa shape index (κ1) is 16.5. The van der Waals surface area contributed by atoms with Crippen molar-refractivity contribution in [2.75, 3.05) is 0 Å². The van der Waals surface area contributed by atoms with Crippen LogP contribution in [0.5, 0.6) is 11.5 Å². The number of rotatable bonds is 4. The number of ether oxygens (including phenoxy) is 1. The van der Waals surface area contributed by atoms with Crippen molar-refractivity contribution in [3.05, 3.63) is 65.7 Å². The van der Waals surface area contributed by atoms with Gasteiger partial charge in [-0.2, -0.15) is 0 Å². The van der Waals surface area contributed by atoms with Crippen LogP contribution >= 0.6 is 0 Å². The molecule has 118 valence electrons. The fourth-order valence-corrected chi connectivity index (χ4v) is 2.02. The monoisotopic (exact) mass is 309 g/mol. The highest BCUT2D eigenvalue weighted by atomic mass is 16.5. The molecule has 2 aromatic rings. The lowest BCUT2D eigenvalue weighted by Gasteiger charge is -2.07. The van der Waals surface area contributed by atoms with Crippen LogP contribution in [0.4, 0.5) is 5.69 Å². The van der Waals surface area contributed by atoms with E-state index in [0.29, 0.717) is 17.0 Å². The number of hydrogen-bond donors (Lipinski definition) is 1. The highest BCUT2D eigenvalue weighted by Crippen LogP contribution is 2.25.